The Bertz CT molecular complexity index is 550. The van der Waals surface area contributed by atoms with Gasteiger partial charge in [0, 0.05) is 12.2 Å². The molecular weight excluding hydrogens is 254 g/mol. The van der Waals surface area contributed by atoms with E-state index in [2.05, 4.69) is 34.2 Å². The Morgan fingerprint density at radius 1 is 1.25 bits per heavy atom. The molecule has 0 unspecified atom stereocenters. The van der Waals surface area contributed by atoms with Crippen molar-refractivity contribution in [1.29, 1.82) is 0 Å². The minimum atomic E-state index is 0.0877. The van der Waals surface area contributed by atoms with Crippen molar-refractivity contribution in [2.45, 2.75) is 46.4 Å². The molecule has 2 aromatic rings. The average molecular weight is 275 g/mol. The summed E-state index contributed by atoms with van der Waals surface area (Å²) in [5.74, 6) is 1.50. The number of rotatable bonds is 6. The lowest BCUT2D eigenvalue weighted by atomic mass is 10.3. The summed E-state index contributed by atoms with van der Waals surface area (Å²) in [5, 5.41) is 7.52. The molecule has 0 saturated heterocycles. The Labute approximate surface area is 119 Å². The van der Waals surface area contributed by atoms with Crippen molar-refractivity contribution in [1.82, 2.24) is 19.7 Å². The molecule has 6 heteroatoms. The first kappa shape index (κ1) is 14.3. The van der Waals surface area contributed by atoms with Crippen LogP contribution in [0.15, 0.2) is 24.7 Å². The van der Waals surface area contributed by atoms with E-state index in [4.69, 9.17) is 4.74 Å². The zero-order chi connectivity index (χ0) is 14.5. The molecule has 2 heterocycles. The van der Waals surface area contributed by atoms with Gasteiger partial charge in [-0.05, 0) is 39.8 Å². The van der Waals surface area contributed by atoms with Gasteiger partial charge in [-0.2, -0.15) is 5.10 Å². The third kappa shape index (κ3) is 3.46. The molecule has 0 aliphatic rings. The molecule has 0 aliphatic carbocycles. The Balaban J connectivity index is 2.09. The highest BCUT2D eigenvalue weighted by atomic mass is 16.5. The van der Waals surface area contributed by atoms with Crippen LogP contribution in [0.2, 0.25) is 0 Å². The molecular formula is C14H21N5O. The first-order valence-electron chi connectivity index (χ1n) is 6.82. The van der Waals surface area contributed by atoms with Crippen LogP contribution < -0.4 is 10.1 Å². The number of hydrogen-bond donors (Lipinski definition) is 1. The molecule has 6 nitrogen and oxygen atoms in total. The van der Waals surface area contributed by atoms with Gasteiger partial charge in [0.25, 0.3) is 0 Å². The quantitative estimate of drug-likeness (QED) is 0.878. The fourth-order valence-electron chi connectivity index (χ4n) is 1.85. The van der Waals surface area contributed by atoms with Gasteiger partial charge in [0.05, 0.1) is 18.3 Å². The van der Waals surface area contributed by atoms with Gasteiger partial charge in [-0.1, -0.05) is 0 Å². The summed E-state index contributed by atoms with van der Waals surface area (Å²) < 4.78 is 7.57. The SMILES string of the molecule is CC(C)Oc1ncccc1NCc1ncnn1C(C)C. The van der Waals surface area contributed by atoms with E-state index in [0.29, 0.717) is 12.4 Å². The molecule has 0 atom stereocenters. The number of nitrogens with zero attached hydrogens (tertiary/aromatic N) is 4. The zero-order valence-electron chi connectivity index (χ0n) is 12.4. The highest BCUT2D eigenvalue weighted by molar-refractivity contribution is 5.52. The minimum Gasteiger partial charge on any atom is -0.473 e. The van der Waals surface area contributed by atoms with Gasteiger partial charge >= 0.3 is 0 Å². The second-order valence-corrected chi connectivity index (χ2v) is 5.09. The predicted octanol–water partition coefficient (Wildman–Crippen LogP) is 2.65. The van der Waals surface area contributed by atoms with Crippen molar-refractivity contribution in [3.05, 3.63) is 30.5 Å². The van der Waals surface area contributed by atoms with Crippen molar-refractivity contribution < 1.29 is 4.74 Å². The number of aromatic nitrogens is 4. The molecule has 20 heavy (non-hydrogen) atoms. The van der Waals surface area contributed by atoms with Crippen molar-refractivity contribution in [3.8, 4) is 5.88 Å². The molecule has 2 rings (SSSR count). The minimum absolute atomic E-state index is 0.0877. The van der Waals surface area contributed by atoms with Crippen LogP contribution in [0, 0.1) is 0 Å². The molecule has 0 aliphatic heterocycles. The van der Waals surface area contributed by atoms with Crippen molar-refractivity contribution in [3.63, 3.8) is 0 Å². The van der Waals surface area contributed by atoms with Gasteiger partial charge < -0.3 is 10.1 Å². The van der Waals surface area contributed by atoms with Gasteiger partial charge in [-0.3, -0.25) is 0 Å². The maximum absolute atomic E-state index is 5.68. The van der Waals surface area contributed by atoms with Gasteiger partial charge in [-0.15, -0.1) is 0 Å². The van der Waals surface area contributed by atoms with E-state index in [1.165, 1.54) is 0 Å². The van der Waals surface area contributed by atoms with E-state index in [-0.39, 0.29) is 12.1 Å². The Hall–Kier alpha value is -2.11. The van der Waals surface area contributed by atoms with Crippen LogP contribution in [0.25, 0.3) is 0 Å². The van der Waals surface area contributed by atoms with Gasteiger partial charge in [0.15, 0.2) is 0 Å². The third-order valence-corrected chi connectivity index (χ3v) is 2.69. The van der Waals surface area contributed by atoms with E-state index in [1.54, 1.807) is 12.5 Å². The van der Waals surface area contributed by atoms with Crippen LogP contribution in [-0.2, 0) is 6.54 Å². The van der Waals surface area contributed by atoms with Crippen LogP contribution in [0.5, 0.6) is 5.88 Å². The monoisotopic (exact) mass is 275 g/mol. The van der Waals surface area contributed by atoms with Crippen molar-refractivity contribution >= 4 is 5.69 Å². The zero-order valence-corrected chi connectivity index (χ0v) is 12.4. The summed E-state index contributed by atoms with van der Waals surface area (Å²) in [4.78, 5) is 8.52. The molecule has 0 bridgehead atoms. The maximum Gasteiger partial charge on any atom is 0.237 e. The second kappa shape index (κ2) is 6.36. The van der Waals surface area contributed by atoms with Crippen molar-refractivity contribution in [2.75, 3.05) is 5.32 Å². The molecule has 0 spiro atoms. The number of nitrogens with one attached hydrogen (secondary N) is 1. The molecule has 108 valence electrons. The summed E-state index contributed by atoms with van der Waals surface area (Å²) in [7, 11) is 0. The molecule has 0 radical (unpaired) electrons. The Morgan fingerprint density at radius 3 is 2.75 bits per heavy atom. The van der Waals surface area contributed by atoms with Gasteiger partial charge in [0.2, 0.25) is 5.88 Å². The first-order chi connectivity index (χ1) is 9.58. The number of pyridine rings is 1. The predicted molar refractivity (Wildman–Crippen MR) is 77.7 cm³/mol. The molecule has 0 amide bonds. The number of hydrogen-bond acceptors (Lipinski definition) is 5. The van der Waals surface area contributed by atoms with Crippen LogP contribution in [0.1, 0.15) is 39.6 Å². The first-order valence-corrected chi connectivity index (χ1v) is 6.82. The second-order valence-electron chi connectivity index (χ2n) is 5.09. The van der Waals surface area contributed by atoms with Gasteiger partial charge in [0.1, 0.15) is 12.2 Å². The molecule has 0 saturated carbocycles. The Kier molecular flexibility index (Phi) is 4.55. The summed E-state index contributed by atoms with van der Waals surface area (Å²) in [6, 6.07) is 4.11. The number of anilines is 1. The normalized spacial score (nSPS) is 11.1. The molecule has 1 N–H and O–H groups in total. The Morgan fingerprint density at radius 2 is 2.05 bits per heavy atom. The van der Waals surface area contributed by atoms with E-state index < -0.39 is 0 Å². The summed E-state index contributed by atoms with van der Waals surface area (Å²) in [6.07, 6.45) is 3.38. The number of ether oxygens (including phenoxy) is 1. The van der Waals surface area contributed by atoms with Crippen molar-refractivity contribution in [2.24, 2.45) is 0 Å². The van der Waals surface area contributed by atoms with E-state index in [1.807, 2.05) is 30.7 Å². The fourth-order valence-corrected chi connectivity index (χ4v) is 1.85. The van der Waals surface area contributed by atoms with Crippen LogP contribution in [-0.4, -0.2) is 25.9 Å². The molecule has 0 fully saturated rings. The lowest BCUT2D eigenvalue weighted by Crippen LogP contribution is -2.13. The summed E-state index contributed by atoms with van der Waals surface area (Å²) >= 11 is 0. The van der Waals surface area contributed by atoms with E-state index in [0.717, 1.165) is 11.5 Å². The maximum atomic E-state index is 5.68. The third-order valence-electron chi connectivity index (χ3n) is 2.69. The summed E-state index contributed by atoms with van der Waals surface area (Å²) in [5.41, 5.74) is 0.861. The summed E-state index contributed by atoms with van der Waals surface area (Å²) in [6.45, 7) is 8.70. The largest absolute Gasteiger partial charge is 0.473 e. The standard InChI is InChI=1S/C14H21N5O/c1-10(2)19-13(17-9-18-19)8-16-12-6-5-7-15-14(12)20-11(3)4/h5-7,9-11,16H,8H2,1-4H3. The van der Waals surface area contributed by atoms with Crippen LogP contribution in [0.4, 0.5) is 5.69 Å². The topological polar surface area (TPSA) is 64.9 Å². The lowest BCUT2D eigenvalue weighted by molar-refractivity contribution is 0.234. The van der Waals surface area contributed by atoms with Crippen LogP contribution in [0.3, 0.4) is 0 Å². The lowest BCUT2D eigenvalue weighted by Gasteiger charge is -2.15. The fraction of sp³-hybridized carbons (Fsp3) is 0.500. The highest BCUT2D eigenvalue weighted by Crippen LogP contribution is 2.22. The average Bonchev–Trinajstić information content (AvgIpc) is 2.85. The van der Waals surface area contributed by atoms with Crippen LogP contribution >= 0.6 is 0 Å². The highest BCUT2D eigenvalue weighted by Gasteiger charge is 2.10. The van der Waals surface area contributed by atoms with E-state index in [9.17, 15) is 0 Å². The molecule has 0 aromatic carbocycles. The van der Waals surface area contributed by atoms with Gasteiger partial charge in [-0.25, -0.2) is 14.6 Å². The van der Waals surface area contributed by atoms with E-state index >= 15 is 0 Å². The smallest absolute Gasteiger partial charge is 0.237 e. The molecule has 2 aromatic heterocycles.